The molecule has 0 aromatic rings. The maximum absolute atomic E-state index is 12.2. The molecule has 0 aliphatic carbocycles. The van der Waals surface area contributed by atoms with E-state index in [9.17, 15) is 18.0 Å². The monoisotopic (exact) mass is 331 g/mol. The average molecular weight is 331 g/mol. The van der Waals surface area contributed by atoms with E-state index in [1.807, 2.05) is 9.80 Å². The van der Waals surface area contributed by atoms with Crippen LogP contribution in [0.2, 0.25) is 0 Å². The maximum atomic E-state index is 12.2. The van der Waals surface area contributed by atoms with Crippen LogP contribution < -0.4 is 5.32 Å². The highest BCUT2D eigenvalue weighted by Crippen LogP contribution is 2.16. The van der Waals surface area contributed by atoms with Crippen molar-refractivity contribution in [2.24, 2.45) is 0 Å². The Bertz CT molecular complexity index is 506. The summed E-state index contributed by atoms with van der Waals surface area (Å²) in [6.45, 7) is 2.99. The van der Waals surface area contributed by atoms with Gasteiger partial charge in [0.15, 0.2) is 0 Å². The Balaban J connectivity index is 1.70. The molecule has 3 amide bonds. The second-order valence-corrected chi connectivity index (χ2v) is 8.45. The predicted octanol–water partition coefficient (Wildman–Crippen LogP) is 0.218. The zero-order valence-electron chi connectivity index (χ0n) is 13.1. The SMILES string of the molecule is CS(=O)(=O)CCC(=O)NC1CCN(C(=O)N2CCCC2)CC1. The molecule has 8 heteroatoms. The van der Waals surface area contributed by atoms with Crippen molar-refractivity contribution < 1.29 is 18.0 Å². The number of amides is 3. The molecule has 2 saturated heterocycles. The van der Waals surface area contributed by atoms with Crippen molar-refractivity contribution in [1.82, 2.24) is 15.1 Å². The summed E-state index contributed by atoms with van der Waals surface area (Å²) in [7, 11) is -3.11. The van der Waals surface area contributed by atoms with Gasteiger partial charge < -0.3 is 15.1 Å². The summed E-state index contributed by atoms with van der Waals surface area (Å²) in [6, 6.07) is 0.147. The van der Waals surface area contributed by atoms with Crippen LogP contribution in [0.5, 0.6) is 0 Å². The van der Waals surface area contributed by atoms with Crippen molar-refractivity contribution in [3.63, 3.8) is 0 Å². The lowest BCUT2D eigenvalue weighted by atomic mass is 10.1. The molecule has 22 heavy (non-hydrogen) atoms. The van der Waals surface area contributed by atoms with Gasteiger partial charge in [0.05, 0.1) is 5.75 Å². The lowest BCUT2D eigenvalue weighted by Crippen LogP contribution is -2.50. The number of sulfone groups is 1. The molecule has 2 fully saturated rings. The van der Waals surface area contributed by atoms with E-state index >= 15 is 0 Å². The van der Waals surface area contributed by atoms with Gasteiger partial charge in [-0.05, 0) is 25.7 Å². The molecule has 0 unspecified atom stereocenters. The summed E-state index contributed by atoms with van der Waals surface area (Å²) < 4.78 is 22.1. The lowest BCUT2D eigenvalue weighted by molar-refractivity contribution is -0.121. The van der Waals surface area contributed by atoms with Crippen molar-refractivity contribution in [2.75, 3.05) is 38.2 Å². The molecule has 2 rings (SSSR count). The number of hydrogen-bond donors (Lipinski definition) is 1. The number of likely N-dealkylation sites (tertiary alicyclic amines) is 2. The summed E-state index contributed by atoms with van der Waals surface area (Å²) in [5.74, 6) is -0.347. The molecule has 0 aromatic heterocycles. The molecule has 1 N–H and O–H groups in total. The molecule has 0 atom stereocenters. The largest absolute Gasteiger partial charge is 0.353 e. The van der Waals surface area contributed by atoms with Gasteiger partial charge in [-0.2, -0.15) is 0 Å². The molecule has 2 heterocycles. The van der Waals surface area contributed by atoms with E-state index in [2.05, 4.69) is 5.32 Å². The third-order valence-corrected chi connectivity index (χ3v) is 5.15. The van der Waals surface area contributed by atoms with E-state index in [1.54, 1.807) is 0 Å². The minimum absolute atomic E-state index is 0.00571. The average Bonchev–Trinajstić information content (AvgIpc) is 2.99. The summed E-state index contributed by atoms with van der Waals surface area (Å²) in [6.07, 6.45) is 4.75. The Labute approximate surface area is 131 Å². The fourth-order valence-electron chi connectivity index (χ4n) is 2.90. The van der Waals surface area contributed by atoms with Crippen LogP contribution in [0.3, 0.4) is 0 Å². The summed E-state index contributed by atoms with van der Waals surface area (Å²) >= 11 is 0. The van der Waals surface area contributed by atoms with Crippen molar-refractivity contribution in [3.8, 4) is 0 Å². The topological polar surface area (TPSA) is 86.8 Å². The Morgan fingerprint density at radius 1 is 1.05 bits per heavy atom. The van der Waals surface area contributed by atoms with Crippen LogP contribution in [-0.2, 0) is 14.6 Å². The third kappa shape index (κ3) is 5.15. The van der Waals surface area contributed by atoms with Crippen molar-refractivity contribution in [1.29, 1.82) is 0 Å². The van der Waals surface area contributed by atoms with Gasteiger partial charge >= 0.3 is 6.03 Å². The fraction of sp³-hybridized carbons (Fsp3) is 0.857. The van der Waals surface area contributed by atoms with Crippen LogP contribution in [0.15, 0.2) is 0 Å². The molecule has 0 bridgehead atoms. The standard InChI is InChI=1S/C14H25N3O4S/c1-22(20,21)11-6-13(18)15-12-4-9-17(10-5-12)14(19)16-7-2-3-8-16/h12H,2-11H2,1H3,(H,15,18). The van der Waals surface area contributed by atoms with E-state index in [0.717, 1.165) is 45.0 Å². The molecule has 0 aromatic carbocycles. The van der Waals surface area contributed by atoms with Gasteiger partial charge in [0.1, 0.15) is 9.84 Å². The highest BCUT2D eigenvalue weighted by atomic mass is 32.2. The Kier molecular flexibility index (Phi) is 5.66. The number of carbonyl (C=O) groups is 2. The van der Waals surface area contributed by atoms with Gasteiger partial charge in [-0.25, -0.2) is 13.2 Å². The Morgan fingerprint density at radius 2 is 1.59 bits per heavy atom. The van der Waals surface area contributed by atoms with Gasteiger partial charge in [-0.15, -0.1) is 0 Å². The molecule has 0 saturated carbocycles. The number of rotatable bonds is 4. The fourth-order valence-corrected chi connectivity index (χ4v) is 3.46. The molecule has 126 valence electrons. The van der Waals surface area contributed by atoms with Gasteiger partial charge in [0.2, 0.25) is 5.91 Å². The van der Waals surface area contributed by atoms with Crippen LogP contribution in [-0.4, -0.2) is 74.4 Å². The molecular weight excluding hydrogens is 306 g/mol. The normalized spacial score (nSPS) is 20.2. The molecule has 2 aliphatic heterocycles. The zero-order valence-corrected chi connectivity index (χ0v) is 13.9. The van der Waals surface area contributed by atoms with Gasteiger partial charge in [0, 0.05) is 44.9 Å². The van der Waals surface area contributed by atoms with Crippen LogP contribution in [0, 0.1) is 0 Å². The van der Waals surface area contributed by atoms with Crippen molar-refractivity contribution in [2.45, 2.75) is 38.1 Å². The molecule has 0 spiro atoms. The molecule has 7 nitrogen and oxygen atoms in total. The first-order valence-electron chi connectivity index (χ1n) is 7.86. The van der Waals surface area contributed by atoms with E-state index in [1.165, 1.54) is 0 Å². The van der Waals surface area contributed by atoms with Crippen molar-refractivity contribution in [3.05, 3.63) is 0 Å². The highest BCUT2D eigenvalue weighted by Gasteiger charge is 2.28. The number of piperidine rings is 1. The summed E-state index contributed by atoms with van der Waals surface area (Å²) in [5.41, 5.74) is 0. The maximum Gasteiger partial charge on any atom is 0.319 e. The van der Waals surface area contributed by atoms with Crippen LogP contribution >= 0.6 is 0 Å². The minimum Gasteiger partial charge on any atom is -0.353 e. The second-order valence-electron chi connectivity index (χ2n) is 6.19. The van der Waals surface area contributed by atoms with E-state index in [0.29, 0.717) is 13.1 Å². The van der Waals surface area contributed by atoms with E-state index in [-0.39, 0.29) is 30.2 Å². The number of nitrogens with one attached hydrogen (secondary N) is 1. The summed E-state index contributed by atoms with van der Waals surface area (Å²) in [4.78, 5) is 27.7. The third-order valence-electron chi connectivity index (χ3n) is 4.21. The van der Waals surface area contributed by atoms with Gasteiger partial charge in [-0.1, -0.05) is 0 Å². The lowest BCUT2D eigenvalue weighted by Gasteiger charge is -2.34. The molecule has 0 radical (unpaired) electrons. The first-order valence-corrected chi connectivity index (χ1v) is 9.92. The number of urea groups is 1. The number of nitrogens with zero attached hydrogens (tertiary/aromatic N) is 2. The quantitative estimate of drug-likeness (QED) is 0.798. The van der Waals surface area contributed by atoms with Gasteiger partial charge in [-0.3, -0.25) is 4.79 Å². The molecule has 2 aliphatic rings. The van der Waals surface area contributed by atoms with Crippen molar-refractivity contribution >= 4 is 21.8 Å². The van der Waals surface area contributed by atoms with Crippen LogP contribution in [0.4, 0.5) is 4.79 Å². The van der Waals surface area contributed by atoms with Gasteiger partial charge in [0.25, 0.3) is 0 Å². The second kappa shape index (κ2) is 7.30. The summed E-state index contributed by atoms with van der Waals surface area (Å²) in [5, 5.41) is 2.87. The number of hydrogen-bond acceptors (Lipinski definition) is 4. The highest BCUT2D eigenvalue weighted by molar-refractivity contribution is 7.90. The predicted molar refractivity (Wildman–Crippen MR) is 83.3 cm³/mol. The number of carbonyl (C=O) groups excluding carboxylic acids is 2. The smallest absolute Gasteiger partial charge is 0.319 e. The molecular formula is C14H25N3O4S. The first-order chi connectivity index (χ1) is 10.3. The zero-order chi connectivity index (χ0) is 16.2. The van der Waals surface area contributed by atoms with Crippen LogP contribution in [0.25, 0.3) is 0 Å². The van der Waals surface area contributed by atoms with Crippen LogP contribution in [0.1, 0.15) is 32.1 Å². The first kappa shape index (κ1) is 17.1. The Hall–Kier alpha value is -1.31. The Morgan fingerprint density at radius 3 is 2.14 bits per heavy atom. The van der Waals surface area contributed by atoms with E-state index < -0.39 is 9.84 Å². The van der Waals surface area contributed by atoms with E-state index in [4.69, 9.17) is 0 Å². The minimum atomic E-state index is -3.11.